The molecule has 0 bridgehead atoms. The molecule has 11 heteroatoms. The molecule has 272 valence electrons. The first-order valence-corrected chi connectivity index (χ1v) is 18.4. The maximum absolute atomic E-state index is 14.1. The van der Waals surface area contributed by atoms with Crippen molar-refractivity contribution in [3.63, 3.8) is 0 Å². The summed E-state index contributed by atoms with van der Waals surface area (Å²) in [6.07, 6.45) is -0.504. The molecule has 4 amide bonds. The van der Waals surface area contributed by atoms with Gasteiger partial charge in [0.1, 0.15) is 12.1 Å². The molecule has 1 fully saturated rings. The van der Waals surface area contributed by atoms with Crippen molar-refractivity contribution in [1.29, 1.82) is 0 Å². The number of rotatable bonds is 16. The summed E-state index contributed by atoms with van der Waals surface area (Å²) in [5.74, 6) is -1.30. The highest BCUT2D eigenvalue weighted by Crippen LogP contribution is 2.39. The van der Waals surface area contributed by atoms with Crippen LogP contribution in [0, 0.1) is 0 Å². The predicted molar refractivity (Wildman–Crippen MR) is 204 cm³/mol. The monoisotopic (exact) mass is 721 g/mol. The van der Waals surface area contributed by atoms with Gasteiger partial charge in [0.15, 0.2) is 0 Å². The van der Waals surface area contributed by atoms with Crippen molar-refractivity contribution in [1.82, 2.24) is 26.6 Å². The van der Waals surface area contributed by atoms with Gasteiger partial charge in [-0.15, -0.1) is 11.8 Å². The number of hydrogen-bond donors (Lipinski definition) is 6. The quantitative estimate of drug-likeness (QED) is 0.104. The van der Waals surface area contributed by atoms with Crippen LogP contribution in [-0.2, 0) is 45.0 Å². The van der Waals surface area contributed by atoms with Gasteiger partial charge in [-0.2, -0.15) is 0 Å². The summed E-state index contributed by atoms with van der Waals surface area (Å²) in [4.78, 5) is 53.8. The molecule has 1 heterocycles. The average Bonchev–Trinajstić information content (AvgIpc) is 3.47. The summed E-state index contributed by atoms with van der Waals surface area (Å²) in [7, 11) is 0. The second-order valence-corrected chi connectivity index (χ2v) is 15.3. The van der Waals surface area contributed by atoms with E-state index >= 15 is 0 Å². The molecule has 6 N–H and O–H groups in total. The van der Waals surface area contributed by atoms with Crippen molar-refractivity contribution in [3.8, 4) is 0 Å². The molecular formula is C41H47N5O5S. The molecule has 4 aromatic rings. The summed E-state index contributed by atoms with van der Waals surface area (Å²) in [5, 5.41) is 25.8. The highest BCUT2D eigenvalue weighted by atomic mass is 32.2. The lowest BCUT2D eigenvalue weighted by atomic mass is 9.98. The minimum absolute atomic E-state index is 0.0561. The molecule has 5 atom stereocenters. The van der Waals surface area contributed by atoms with Crippen LogP contribution in [0.5, 0.6) is 0 Å². The third-order valence-corrected chi connectivity index (χ3v) is 10.4. The molecule has 1 saturated heterocycles. The van der Waals surface area contributed by atoms with Crippen molar-refractivity contribution < 1.29 is 24.3 Å². The summed E-state index contributed by atoms with van der Waals surface area (Å²) in [5.41, 5.74) is 3.49. The molecule has 0 radical (unpaired) electrons. The maximum atomic E-state index is 14.1. The van der Waals surface area contributed by atoms with Crippen LogP contribution in [0.3, 0.4) is 0 Å². The van der Waals surface area contributed by atoms with Gasteiger partial charge in [0, 0.05) is 17.8 Å². The maximum Gasteiger partial charge on any atom is 0.245 e. The number of amides is 4. The van der Waals surface area contributed by atoms with Crippen molar-refractivity contribution in [2.24, 2.45) is 0 Å². The Morgan fingerprint density at radius 1 is 0.692 bits per heavy atom. The Bertz CT molecular complexity index is 1760. The normalized spacial score (nSPS) is 18.0. The van der Waals surface area contributed by atoms with Crippen LogP contribution in [0.2, 0.25) is 0 Å². The number of carbonyl (C=O) groups is 4. The Labute approximate surface area is 309 Å². The van der Waals surface area contributed by atoms with E-state index in [0.29, 0.717) is 6.42 Å². The minimum atomic E-state index is -1.09. The first-order chi connectivity index (χ1) is 25.1. The van der Waals surface area contributed by atoms with Crippen molar-refractivity contribution in [2.45, 2.75) is 74.0 Å². The summed E-state index contributed by atoms with van der Waals surface area (Å²) >= 11 is 1.40. The van der Waals surface area contributed by atoms with E-state index in [4.69, 9.17) is 0 Å². The number of nitrogens with one attached hydrogen (secondary N) is 5. The Hall–Kier alpha value is -4.97. The fraction of sp³-hybridized carbons (Fsp3) is 0.317. The third-order valence-electron chi connectivity index (χ3n) is 8.94. The lowest BCUT2D eigenvalue weighted by Gasteiger charge is -2.29. The highest BCUT2D eigenvalue weighted by molar-refractivity contribution is 8.01. The average molecular weight is 722 g/mol. The van der Waals surface area contributed by atoms with E-state index in [1.807, 2.05) is 135 Å². The van der Waals surface area contributed by atoms with E-state index in [0.717, 1.165) is 22.3 Å². The summed E-state index contributed by atoms with van der Waals surface area (Å²) in [6, 6.07) is 35.1. The van der Waals surface area contributed by atoms with Crippen LogP contribution in [0.15, 0.2) is 121 Å². The van der Waals surface area contributed by atoms with Crippen molar-refractivity contribution in [3.05, 3.63) is 144 Å². The standard InChI is InChI=1S/C41H47N5O5S/c1-41(2)37(39(51)44-32(23-28-15-7-3-8-16-28)33(47)27-42-34(48)24-29-17-9-4-10-18-29)46-40(52-41)36(38(50)43-26-31-21-13-6-14-22-31)45-35(49)25-30-19-11-5-12-20-30/h3-22,32-33,36-37,40,46-47H,23-27H2,1-2H3,(H,42,48)(H,43,50)(H,44,51)(H,45,49)/t32-,33?,36-,37+,40-/m1/s1. The zero-order valence-electron chi connectivity index (χ0n) is 29.5. The molecule has 0 aliphatic carbocycles. The third kappa shape index (κ3) is 11.3. The second kappa shape index (κ2) is 18.5. The number of hydrogen-bond acceptors (Lipinski definition) is 7. The SMILES string of the molecule is CC1(C)S[C@H]([C@H](NC(=O)Cc2ccccc2)C(=O)NCc2ccccc2)N[C@H]1C(=O)N[C@H](Cc1ccccc1)C(O)CNC(=O)Cc1ccccc1. The molecule has 0 spiro atoms. The number of aliphatic hydroxyl groups is 1. The van der Waals surface area contributed by atoms with Gasteiger partial charge in [-0.1, -0.05) is 121 Å². The summed E-state index contributed by atoms with van der Waals surface area (Å²) in [6.45, 7) is 4.04. The van der Waals surface area contributed by atoms with E-state index in [9.17, 15) is 24.3 Å². The molecule has 10 nitrogen and oxygen atoms in total. The second-order valence-electron chi connectivity index (χ2n) is 13.5. The van der Waals surface area contributed by atoms with E-state index in [1.165, 1.54) is 11.8 Å². The van der Waals surface area contributed by atoms with Gasteiger partial charge in [-0.25, -0.2) is 0 Å². The van der Waals surface area contributed by atoms with E-state index in [-0.39, 0.29) is 49.6 Å². The molecule has 0 saturated carbocycles. The zero-order valence-corrected chi connectivity index (χ0v) is 30.3. The van der Waals surface area contributed by atoms with E-state index in [2.05, 4.69) is 26.6 Å². The van der Waals surface area contributed by atoms with Gasteiger partial charge >= 0.3 is 0 Å². The number of aliphatic hydroxyl groups excluding tert-OH is 1. The lowest BCUT2D eigenvalue weighted by molar-refractivity contribution is -0.129. The van der Waals surface area contributed by atoms with Gasteiger partial charge in [0.25, 0.3) is 0 Å². The van der Waals surface area contributed by atoms with Crippen LogP contribution < -0.4 is 26.6 Å². The first kappa shape index (κ1) is 38.3. The molecule has 1 aliphatic rings. The van der Waals surface area contributed by atoms with Gasteiger partial charge < -0.3 is 26.4 Å². The molecule has 0 aromatic heterocycles. The number of carbonyl (C=O) groups excluding carboxylic acids is 4. The Kier molecular flexibility index (Phi) is 13.6. The van der Waals surface area contributed by atoms with E-state index < -0.39 is 34.4 Å². The fourth-order valence-corrected chi connectivity index (χ4v) is 7.65. The highest BCUT2D eigenvalue weighted by Gasteiger charge is 2.49. The first-order valence-electron chi connectivity index (χ1n) is 17.5. The van der Waals surface area contributed by atoms with Gasteiger partial charge in [0.2, 0.25) is 23.6 Å². The van der Waals surface area contributed by atoms with Crippen LogP contribution in [-0.4, -0.2) is 69.6 Å². The van der Waals surface area contributed by atoms with Crippen LogP contribution in [0.4, 0.5) is 0 Å². The van der Waals surface area contributed by atoms with Crippen LogP contribution in [0.1, 0.15) is 36.1 Å². The number of thioether (sulfide) groups is 1. The number of benzene rings is 4. The largest absolute Gasteiger partial charge is 0.389 e. The Balaban J connectivity index is 1.28. The molecule has 52 heavy (non-hydrogen) atoms. The zero-order chi connectivity index (χ0) is 36.9. The van der Waals surface area contributed by atoms with Crippen LogP contribution >= 0.6 is 11.8 Å². The molecular weight excluding hydrogens is 675 g/mol. The van der Waals surface area contributed by atoms with Gasteiger partial charge in [-0.3, -0.25) is 24.5 Å². The topological polar surface area (TPSA) is 149 Å². The Morgan fingerprint density at radius 3 is 1.75 bits per heavy atom. The fourth-order valence-electron chi connectivity index (χ4n) is 6.15. The predicted octanol–water partition coefficient (Wildman–Crippen LogP) is 3.29. The minimum Gasteiger partial charge on any atom is -0.389 e. The van der Waals surface area contributed by atoms with Crippen molar-refractivity contribution in [2.75, 3.05) is 6.54 Å². The summed E-state index contributed by atoms with van der Waals surface area (Å²) < 4.78 is -0.705. The Morgan fingerprint density at radius 2 is 1.19 bits per heavy atom. The van der Waals surface area contributed by atoms with E-state index in [1.54, 1.807) is 0 Å². The van der Waals surface area contributed by atoms with Gasteiger partial charge in [-0.05, 0) is 42.5 Å². The molecule has 1 unspecified atom stereocenters. The lowest BCUT2D eigenvalue weighted by Crippen LogP contribution is -2.60. The van der Waals surface area contributed by atoms with Crippen molar-refractivity contribution >= 4 is 35.4 Å². The smallest absolute Gasteiger partial charge is 0.245 e. The molecule has 1 aliphatic heterocycles. The van der Waals surface area contributed by atoms with Crippen LogP contribution in [0.25, 0.3) is 0 Å². The molecule has 4 aromatic carbocycles. The van der Waals surface area contributed by atoms with Gasteiger partial charge in [0.05, 0.1) is 30.4 Å². The molecule has 5 rings (SSSR count).